The second kappa shape index (κ2) is 4.33. The molecular weight excluding hydrogens is 214 g/mol. The van der Waals surface area contributed by atoms with Gasteiger partial charge in [-0.15, -0.1) is 0 Å². The molecule has 1 N–H and O–H groups in total. The summed E-state index contributed by atoms with van der Waals surface area (Å²) in [5, 5.41) is 7.70. The first kappa shape index (κ1) is 10.5. The molecule has 0 aromatic carbocycles. The zero-order chi connectivity index (χ0) is 11.7. The topological polar surface area (TPSA) is 47.7 Å². The minimum atomic E-state index is 0.464. The minimum Gasteiger partial charge on any atom is -0.327 e. The molecule has 0 amide bonds. The number of aromatic nitrogens is 4. The van der Waals surface area contributed by atoms with Crippen LogP contribution in [0.5, 0.6) is 0 Å². The van der Waals surface area contributed by atoms with Crippen molar-refractivity contribution in [3.63, 3.8) is 0 Å². The summed E-state index contributed by atoms with van der Waals surface area (Å²) in [5.41, 5.74) is 2.48. The quantitative estimate of drug-likeness (QED) is 0.860. The van der Waals surface area contributed by atoms with Crippen LogP contribution in [0, 0.1) is 0 Å². The van der Waals surface area contributed by atoms with Crippen LogP contribution in [0.25, 0.3) is 0 Å². The van der Waals surface area contributed by atoms with Crippen LogP contribution in [0.15, 0.2) is 24.8 Å². The van der Waals surface area contributed by atoms with E-state index >= 15 is 0 Å². The maximum atomic E-state index is 4.27. The lowest BCUT2D eigenvalue weighted by Crippen LogP contribution is -2.17. The van der Waals surface area contributed by atoms with Gasteiger partial charge in [0.25, 0.3) is 0 Å². The second-order valence-electron chi connectivity index (χ2n) is 4.54. The Labute approximate surface area is 100 Å². The maximum Gasteiger partial charge on any atom is 0.0952 e. The van der Waals surface area contributed by atoms with Crippen LogP contribution >= 0.6 is 0 Å². The van der Waals surface area contributed by atoms with Crippen LogP contribution in [0.1, 0.15) is 30.3 Å². The van der Waals surface area contributed by atoms with E-state index in [0.717, 1.165) is 13.1 Å². The van der Waals surface area contributed by atoms with Gasteiger partial charge in [0, 0.05) is 25.5 Å². The third kappa shape index (κ3) is 1.98. The first-order valence-electron chi connectivity index (χ1n) is 6.05. The zero-order valence-corrected chi connectivity index (χ0v) is 10.0. The first-order valence-corrected chi connectivity index (χ1v) is 6.05. The number of nitrogens with zero attached hydrogens (tertiary/aromatic N) is 4. The molecule has 1 fully saturated rings. The van der Waals surface area contributed by atoms with E-state index in [-0.39, 0.29) is 0 Å². The van der Waals surface area contributed by atoms with Gasteiger partial charge in [-0.3, -0.25) is 4.68 Å². The predicted molar refractivity (Wildman–Crippen MR) is 64.5 cm³/mol. The van der Waals surface area contributed by atoms with E-state index in [4.69, 9.17) is 0 Å². The van der Waals surface area contributed by atoms with Gasteiger partial charge in [-0.2, -0.15) is 5.10 Å². The van der Waals surface area contributed by atoms with Gasteiger partial charge >= 0.3 is 0 Å². The van der Waals surface area contributed by atoms with Crippen molar-refractivity contribution in [2.75, 3.05) is 6.54 Å². The highest BCUT2D eigenvalue weighted by Gasteiger charge is 2.19. The van der Waals surface area contributed by atoms with Crippen LogP contribution in [0.4, 0.5) is 0 Å². The van der Waals surface area contributed by atoms with Crippen LogP contribution in [-0.2, 0) is 13.6 Å². The summed E-state index contributed by atoms with van der Waals surface area (Å²) in [7, 11) is 1.97. The van der Waals surface area contributed by atoms with Gasteiger partial charge in [-0.1, -0.05) is 0 Å². The standard InChI is InChI=1S/C12H17N5/c1-16-10(4-6-15-16)8-17-9-13-7-12(17)11-3-2-5-14-11/h4,6-7,9,11,14H,2-3,5,8H2,1H3. The third-order valence-corrected chi connectivity index (χ3v) is 3.42. The average molecular weight is 231 g/mol. The summed E-state index contributed by atoms with van der Waals surface area (Å²) in [6, 6.07) is 2.51. The second-order valence-corrected chi connectivity index (χ2v) is 4.54. The first-order chi connectivity index (χ1) is 8.34. The molecule has 5 heteroatoms. The molecular formula is C12H17N5. The number of aryl methyl sites for hydroxylation is 1. The Bertz CT molecular complexity index is 492. The SMILES string of the molecule is Cn1nccc1Cn1cncc1C1CCCN1. The van der Waals surface area contributed by atoms with Gasteiger partial charge in [-0.05, 0) is 25.5 Å². The molecule has 1 aliphatic heterocycles. The van der Waals surface area contributed by atoms with E-state index in [1.807, 2.05) is 36.5 Å². The molecule has 90 valence electrons. The lowest BCUT2D eigenvalue weighted by Gasteiger charge is -2.13. The molecule has 3 rings (SSSR count). The van der Waals surface area contributed by atoms with E-state index in [2.05, 4.69) is 20.0 Å². The number of hydrogen-bond donors (Lipinski definition) is 1. The molecule has 1 unspecified atom stereocenters. The zero-order valence-electron chi connectivity index (χ0n) is 10.0. The van der Waals surface area contributed by atoms with Crippen molar-refractivity contribution in [1.29, 1.82) is 0 Å². The van der Waals surface area contributed by atoms with E-state index in [9.17, 15) is 0 Å². The lowest BCUT2D eigenvalue weighted by molar-refractivity contribution is 0.570. The Morgan fingerprint density at radius 1 is 1.53 bits per heavy atom. The van der Waals surface area contributed by atoms with Crippen LogP contribution in [0.2, 0.25) is 0 Å². The molecule has 0 radical (unpaired) electrons. The van der Waals surface area contributed by atoms with E-state index in [0.29, 0.717) is 6.04 Å². The van der Waals surface area contributed by atoms with Crippen molar-refractivity contribution in [2.45, 2.75) is 25.4 Å². The molecule has 1 aliphatic rings. The highest BCUT2D eigenvalue weighted by Crippen LogP contribution is 2.23. The van der Waals surface area contributed by atoms with Gasteiger partial charge in [0.2, 0.25) is 0 Å². The Hall–Kier alpha value is -1.62. The van der Waals surface area contributed by atoms with Gasteiger partial charge in [0.05, 0.1) is 24.3 Å². The molecule has 5 nitrogen and oxygen atoms in total. The predicted octanol–water partition coefficient (Wildman–Crippen LogP) is 1.09. The van der Waals surface area contributed by atoms with Gasteiger partial charge in [0.15, 0.2) is 0 Å². The summed E-state index contributed by atoms with van der Waals surface area (Å²) in [6.45, 7) is 1.95. The van der Waals surface area contributed by atoms with Crippen molar-refractivity contribution >= 4 is 0 Å². The molecule has 0 aliphatic carbocycles. The fraction of sp³-hybridized carbons (Fsp3) is 0.500. The summed E-state index contributed by atoms with van der Waals surface area (Å²) in [5.74, 6) is 0. The smallest absolute Gasteiger partial charge is 0.0952 e. The normalized spacial score (nSPS) is 19.9. The fourth-order valence-corrected chi connectivity index (χ4v) is 2.42. The van der Waals surface area contributed by atoms with E-state index in [1.165, 1.54) is 24.2 Å². The Morgan fingerprint density at radius 3 is 3.18 bits per heavy atom. The molecule has 17 heavy (non-hydrogen) atoms. The monoisotopic (exact) mass is 231 g/mol. The van der Waals surface area contributed by atoms with Crippen LogP contribution in [0.3, 0.4) is 0 Å². The van der Waals surface area contributed by atoms with Gasteiger partial charge < -0.3 is 9.88 Å². The Morgan fingerprint density at radius 2 is 2.47 bits per heavy atom. The number of hydrogen-bond acceptors (Lipinski definition) is 3. The highest BCUT2D eigenvalue weighted by atomic mass is 15.3. The van der Waals surface area contributed by atoms with Gasteiger partial charge in [-0.25, -0.2) is 4.98 Å². The number of rotatable bonds is 3. The summed E-state index contributed by atoms with van der Waals surface area (Å²) in [4.78, 5) is 4.27. The summed E-state index contributed by atoms with van der Waals surface area (Å²) >= 11 is 0. The largest absolute Gasteiger partial charge is 0.327 e. The molecule has 0 saturated carbocycles. The van der Waals surface area contributed by atoms with E-state index < -0.39 is 0 Å². The summed E-state index contributed by atoms with van der Waals surface area (Å²) in [6.07, 6.45) is 8.17. The van der Waals surface area contributed by atoms with Crippen LogP contribution in [-0.4, -0.2) is 25.9 Å². The van der Waals surface area contributed by atoms with Crippen molar-refractivity contribution in [1.82, 2.24) is 24.6 Å². The molecule has 2 aromatic heterocycles. The van der Waals surface area contributed by atoms with Crippen molar-refractivity contribution < 1.29 is 0 Å². The van der Waals surface area contributed by atoms with Crippen molar-refractivity contribution in [3.8, 4) is 0 Å². The van der Waals surface area contributed by atoms with E-state index in [1.54, 1.807) is 0 Å². The highest BCUT2D eigenvalue weighted by molar-refractivity contribution is 5.10. The molecule has 0 bridgehead atoms. The third-order valence-electron chi connectivity index (χ3n) is 3.42. The van der Waals surface area contributed by atoms with Crippen LogP contribution < -0.4 is 5.32 Å². The maximum absolute atomic E-state index is 4.27. The van der Waals surface area contributed by atoms with Gasteiger partial charge in [0.1, 0.15) is 0 Å². The Balaban J connectivity index is 1.84. The Kier molecular flexibility index (Phi) is 2.68. The molecule has 3 heterocycles. The summed E-state index contributed by atoms with van der Waals surface area (Å²) < 4.78 is 4.12. The molecule has 0 spiro atoms. The number of imidazole rings is 1. The van der Waals surface area contributed by atoms with Crippen molar-refractivity contribution in [3.05, 3.63) is 36.2 Å². The van der Waals surface area contributed by atoms with Crippen molar-refractivity contribution in [2.24, 2.45) is 7.05 Å². The molecule has 1 atom stereocenters. The molecule has 2 aromatic rings. The number of nitrogens with one attached hydrogen (secondary N) is 1. The lowest BCUT2D eigenvalue weighted by atomic mass is 10.2. The molecule has 1 saturated heterocycles. The minimum absolute atomic E-state index is 0.464. The fourth-order valence-electron chi connectivity index (χ4n) is 2.42. The average Bonchev–Trinajstić information content (AvgIpc) is 3.02.